The Balaban J connectivity index is 1.54. The largest absolute Gasteiger partial charge is 0.478 e. The molecule has 2 aliphatic heterocycles. The molecule has 11 N–H and O–H groups in total. The average molecular weight is 640 g/mol. The number of β-lactam (4-membered cyclic amide) rings is 1. The molecule has 2 aliphatic rings. The van der Waals surface area contributed by atoms with E-state index in [1.807, 2.05) is 0 Å². The van der Waals surface area contributed by atoms with Gasteiger partial charge in [0, 0.05) is 16.9 Å². The van der Waals surface area contributed by atoms with Crippen LogP contribution in [0.2, 0.25) is 0 Å². The van der Waals surface area contributed by atoms with Gasteiger partial charge in [0.05, 0.1) is 5.56 Å². The minimum atomic E-state index is -1.78. The molecule has 17 nitrogen and oxygen atoms in total. The number of nitrogens with one attached hydrogen (secondary N) is 1. The van der Waals surface area contributed by atoms with E-state index in [0.717, 1.165) is 32.7 Å². The van der Waals surface area contributed by atoms with Crippen molar-refractivity contribution < 1.29 is 38.9 Å². The fourth-order valence-corrected chi connectivity index (χ4v) is 6.68. The van der Waals surface area contributed by atoms with Gasteiger partial charge in [0.1, 0.15) is 22.8 Å². The van der Waals surface area contributed by atoms with Crippen LogP contribution < -0.4 is 33.0 Å². The predicted octanol–water partition coefficient (Wildman–Crippen LogP) is -1.29. The summed E-state index contributed by atoms with van der Waals surface area (Å²) in [5.41, 5.74) is 16.1. The summed E-state index contributed by atoms with van der Waals surface area (Å²) >= 11 is 3.36. The minimum absolute atomic E-state index is 0.00433. The number of oxime groups is 1. The van der Waals surface area contributed by atoms with Crippen LogP contribution >= 0.6 is 34.9 Å². The van der Waals surface area contributed by atoms with Gasteiger partial charge in [0.25, 0.3) is 11.8 Å². The maximum atomic E-state index is 13.2. The van der Waals surface area contributed by atoms with E-state index in [1.54, 1.807) is 6.92 Å². The quantitative estimate of drug-likeness (QED) is 0.0303. The number of nitrogens with two attached hydrogens (primary N) is 4. The number of hydrogen-bond acceptors (Lipinski definition) is 15. The second-order valence-corrected chi connectivity index (χ2v) is 12.4. The zero-order valence-corrected chi connectivity index (χ0v) is 24.8. The lowest BCUT2D eigenvalue weighted by Gasteiger charge is -2.49. The molecular weight excluding hydrogens is 613 g/mol. The van der Waals surface area contributed by atoms with Crippen LogP contribution in [0.1, 0.15) is 25.1 Å². The Bertz CT molecular complexity index is 1560. The maximum absolute atomic E-state index is 13.2. The van der Waals surface area contributed by atoms with E-state index in [4.69, 9.17) is 27.9 Å². The number of carbonyl (C=O) groups excluding carboxylic acids is 2. The Morgan fingerprint density at radius 3 is 2.57 bits per heavy atom. The molecule has 4 rings (SSSR count). The van der Waals surface area contributed by atoms with E-state index in [2.05, 4.69) is 20.4 Å². The summed E-state index contributed by atoms with van der Waals surface area (Å²) in [6.45, 7) is 4.13. The minimum Gasteiger partial charge on any atom is -0.478 e. The average Bonchev–Trinajstić information content (AvgIpc) is 3.36. The van der Waals surface area contributed by atoms with Gasteiger partial charge in [0.2, 0.25) is 17.2 Å². The summed E-state index contributed by atoms with van der Waals surface area (Å²) in [5.74, 6) is 2.49. The molecule has 4 heterocycles. The third-order valence-corrected chi connectivity index (χ3v) is 9.27. The van der Waals surface area contributed by atoms with Crippen molar-refractivity contribution in [2.24, 2.45) is 5.16 Å². The Labute approximate surface area is 250 Å². The lowest BCUT2D eigenvalue weighted by molar-refractivity contribution is -0.667. The standard InChI is InChI=1S/C22H26N10O7S3/c1-7-13(23)29-21(32(26)14(7)24)42-5-8-4-40-17-11(16(34)31(17)12(8)18(35)36)28-15(33)10(9-6-41-20(25)27-9)30-39-22(2,3)19(37)38/h6,11,17H,4-5,26H2,1-3H3,(H8,23,24,25,27,28,33,35,36,37,38)/p+1/b30-10-. The molecule has 224 valence electrons. The number of nitrogens with zero attached hydrogens (tertiary/aromatic N) is 5. The number of aliphatic carboxylic acids is 2. The highest BCUT2D eigenvalue weighted by atomic mass is 32.2. The van der Waals surface area contributed by atoms with Gasteiger partial charge in [-0.1, -0.05) is 10.1 Å². The summed E-state index contributed by atoms with van der Waals surface area (Å²) < 4.78 is 1.15. The molecule has 2 amide bonds. The molecule has 20 heteroatoms. The van der Waals surface area contributed by atoms with Crippen LogP contribution in [0.3, 0.4) is 0 Å². The first kappa shape index (κ1) is 30.7. The van der Waals surface area contributed by atoms with E-state index < -0.39 is 46.5 Å². The summed E-state index contributed by atoms with van der Waals surface area (Å²) in [4.78, 5) is 64.4. The monoisotopic (exact) mass is 639 g/mol. The highest BCUT2D eigenvalue weighted by Gasteiger charge is 2.54. The molecule has 0 radical (unpaired) electrons. The van der Waals surface area contributed by atoms with Crippen LogP contribution in [0.15, 0.2) is 27.0 Å². The number of carboxylic acids is 2. The highest BCUT2D eigenvalue weighted by molar-refractivity contribution is 8.01. The smallest absolute Gasteiger partial charge is 0.352 e. The number of carbonyl (C=O) groups is 4. The number of rotatable bonds is 10. The Kier molecular flexibility index (Phi) is 8.41. The first-order valence-corrected chi connectivity index (χ1v) is 14.8. The summed E-state index contributed by atoms with van der Waals surface area (Å²) in [7, 11) is 0. The number of hydrogen-bond donors (Lipinski definition) is 7. The normalized spacial score (nSPS) is 18.8. The molecule has 2 atom stereocenters. The van der Waals surface area contributed by atoms with Crippen molar-refractivity contribution in [1.82, 2.24) is 20.2 Å². The van der Waals surface area contributed by atoms with Gasteiger partial charge in [0.15, 0.2) is 10.8 Å². The number of aromatic nitrogens is 3. The molecule has 2 aromatic heterocycles. The first-order chi connectivity index (χ1) is 19.6. The van der Waals surface area contributed by atoms with E-state index in [0.29, 0.717) is 11.1 Å². The Morgan fingerprint density at radius 1 is 1.29 bits per heavy atom. The molecule has 0 aliphatic carbocycles. The number of thiazole rings is 1. The van der Waals surface area contributed by atoms with Crippen molar-refractivity contribution in [1.29, 1.82) is 0 Å². The molecular formula is C22H27N10O7S3+. The topological polar surface area (TPSA) is 279 Å². The molecule has 0 aromatic carbocycles. The van der Waals surface area contributed by atoms with Crippen LogP contribution in [-0.4, -0.2) is 83.1 Å². The molecule has 1 saturated heterocycles. The molecule has 2 aromatic rings. The van der Waals surface area contributed by atoms with Crippen molar-refractivity contribution in [2.45, 2.75) is 42.9 Å². The molecule has 2 unspecified atom stereocenters. The van der Waals surface area contributed by atoms with Crippen molar-refractivity contribution in [3.63, 3.8) is 0 Å². The van der Waals surface area contributed by atoms with Gasteiger partial charge in [-0.25, -0.2) is 14.6 Å². The lowest BCUT2D eigenvalue weighted by Crippen LogP contribution is -2.71. The third-order valence-electron chi connectivity index (χ3n) is 6.22. The second kappa shape index (κ2) is 11.5. The predicted molar refractivity (Wildman–Crippen MR) is 154 cm³/mol. The number of fused-ring (bicyclic) bond motifs is 1. The number of carboxylic acid groups (broad SMARTS) is 2. The van der Waals surface area contributed by atoms with Crippen LogP contribution in [-0.2, 0) is 24.0 Å². The zero-order chi connectivity index (χ0) is 31.1. The fraction of sp³-hybridized carbons (Fsp3) is 0.364. The van der Waals surface area contributed by atoms with Crippen LogP contribution in [0, 0.1) is 6.92 Å². The van der Waals surface area contributed by atoms with Gasteiger partial charge in [-0.2, -0.15) is 0 Å². The second-order valence-electron chi connectivity index (χ2n) is 9.48. The van der Waals surface area contributed by atoms with E-state index in [-0.39, 0.29) is 44.8 Å². The Morgan fingerprint density at radius 2 is 1.98 bits per heavy atom. The number of thioether (sulfide) groups is 2. The molecule has 1 fully saturated rings. The van der Waals surface area contributed by atoms with Crippen molar-refractivity contribution in [2.75, 3.05) is 34.5 Å². The van der Waals surface area contributed by atoms with Gasteiger partial charge in [-0.05, 0) is 38.1 Å². The van der Waals surface area contributed by atoms with Gasteiger partial charge >= 0.3 is 17.1 Å². The first-order valence-electron chi connectivity index (χ1n) is 11.9. The van der Waals surface area contributed by atoms with Crippen LogP contribution in [0.5, 0.6) is 0 Å². The number of nitrogen functional groups attached to an aromatic ring is 4. The number of amides is 2. The highest BCUT2D eigenvalue weighted by Crippen LogP contribution is 2.41. The van der Waals surface area contributed by atoms with Gasteiger partial charge in [-0.15, -0.1) is 27.8 Å². The SMILES string of the molecule is Cc1c(N)nc(SCC2=C(C(=O)O)N3C(=O)C(NC(=O)/C(=N\OC(C)(C)C(=O)O)c4csc(N)n4)C3SC2)[n+](N)c1N. The van der Waals surface area contributed by atoms with Crippen molar-refractivity contribution in [3.8, 4) is 0 Å². The van der Waals surface area contributed by atoms with Crippen molar-refractivity contribution >= 4 is 81.1 Å². The number of anilines is 3. The molecule has 0 spiro atoms. The molecule has 0 bridgehead atoms. The maximum Gasteiger partial charge on any atom is 0.352 e. The molecule has 0 saturated carbocycles. The summed E-state index contributed by atoms with van der Waals surface area (Å²) in [5, 5.41) is 26.6. The van der Waals surface area contributed by atoms with Crippen molar-refractivity contribution in [3.05, 3.63) is 27.9 Å². The van der Waals surface area contributed by atoms with Gasteiger partial charge in [-0.3, -0.25) is 20.3 Å². The van der Waals surface area contributed by atoms with Crippen LogP contribution in [0.25, 0.3) is 0 Å². The fourth-order valence-electron chi connectivity index (χ4n) is 3.71. The van der Waals surface area contributed by atoms with Crippen LogP contribution in [0.4, 0.5) is 16.8 Å². The van der Waals surface area contributed by atoms with E-state index in [9.17, 15) is 29.4 Å². The van der Waals surface area contributed by atoms with Gasteiger partial charge < -0.3 is 37.6 Å². The summed E-state index contributed by atoms with van der Waals surface area (Å²) in [6.07, 6.45) is 0. The van der Waals surface area contributed by atoms with E-state index >= 15 is 0 Å². The van der Waals surface area contributed by atoms with E-state index in [1.165, 1.54) is 31.0 Å². The lowest BCUT2D eigenvalue weighted by atomic mass is 10.0. The third kappa shape index (κ3) is 5.72. The summed E-state index contributed by atoms with van der Waals surface area (Å²) in [6, 6.07) is -1.11. The molecule has 42 heavy (non-hydrogen) atoms. The Hall–Kier alpha value is -4.30. The zero-order valence-electron chi connectivity index (χ0n) is 22.4.